The number of aliphatic hydroxyl groups is 11. The van der Waals surface area contributed by atoms with Gasteiger partial charge in [-0.15, -0.1) is 0 Å². The molecule has 0 spiro atoms. The second kappa shape index (κ2) is 69.9. The van der Waals surface area contributed by atoms with Gasteiger partial charge in [0.25, 0.3) is 0 Å². The van der Waals surface area contributed by atoms with E-state index in [2.05, 4.69) is 153 Å². The quantitative estimate of drug-likeness (QED) is 0.0199. The number of nitrogens with one attached hydrogen (secondary N) is 1. The first-order valence-electron chi connectivity index (χ1n) is 43.6. The minimum Gasteiger partial charge on any atom is -0.394 e. The van der Waals surface area contributed by atoms with Crippen LogP contribution < -0.4 is 5.32 Å². The molecule has 0 saturated carbocycles. The van der Waals surface area contributed by atoms with E-state index in [9.17, 15) is 61.0 Å². The molecule has 3 aliphatic heterocycles. The van der Waals surface area contributed by atoms with Crippen LogP contribution in [0.3, 0.4) is 0 Å². The SMILES string of the molecule is CC/C=C\C/C=C\C/C=C\C/C=C\C/C=C\C/C=C\C/C=C\C/C=C\C/C=C\C/C=C\CCCCCCCCCCCCC(=O)NC(COC1OC(CO)C(OC2OC(CO)C(OC3OC(CO)C(O)C(O)C3O)C(O)C2O)C(O)C1O)C(O)/C=C/CC/C=C/CCCCCCCCCCCCCCCCCCCCC. The molecule has 0 aromatic carbocycles. The standard InChI is InChI=1S/C92H155NO18/c1-3-5-7-9-11-13-15-17-19-21-23-25-27-29-30-31-32-33-34-35-36-37-38-39-40-41-42-43-44-46-48-50-52-54-56-58-60-62-64-66-68-70-80(98)93-75(76(97)69-67-65-63-61-59-57-55-53-51-49-47-45-28-26-24-22-20-18-16-14-12-10-8-6-4-2)74-106-90-86(104)83(101)88(78(72-95)108-90)111-92-87(105)84(102)89(79(73-96)109-92)110-91-85(103)82(100)81(99)77(71-94)107-91/h5,7,11,13,17,19,23,25,29-30,32-33,35-36,38-39,41-42,44,46,59,61,67,69,75-79,81-92,94-97,99-105H,3-4,6,8-10,12,14-16,18,20-22,24,26-28,31,34,37,40,43,45,47-58,60,62-66,68,70-74H2,1-2H3,(H,93,98)/b7-5-,13-11-,19-17-,25-23-,30-29-,33-32-,36-35-,39-38-,42-41-,46-44-,61-59+,69-67+. The molecule has 17 atom stereocenters. The molecule has 0 aliphatic carbocycles. The van der Waals surface area contributed by atoms with Crippen LogP contribution in [0.5, 0.6) is 0 Å². The molecule has 0 bridgehead atoms. The molecule has 3 rings (SSSR count). The Balaban J connectivity index is 1.35. The van der Waals surface area contributed by atoms with Gasteiger partial charge in [0.2, 0.25) is 5.91 Å². The van der Waals surface area contributed by atoms with Crippen molar-refractivity contribution in [1.82, 2.24) is 5.32 Å². The van der Waals surface area contributed by atoms with Crippen LogP contribution in [-0.4, -0.2) is 193 Å². The zero-order valence-electron chi connectivity index (χ0n) is 68.4. The highest BCUT2D eigenvalue weighted by Gasteiger charge is 2.54. The van der Waals surface area contributed by atoms with E-state index in [1.165, 1.54) is 148 Å². The van der Waals surface area contributed by atoms with Crippen LogP contribution in [0.15, 0.2) is 146 Å². The Morgan fingerprint density at radius 2 is 0.631 bits per heavy atom. The summed E-state index contributed by atoms with van der Waals surface area (Å²) in [6, 6.07) is -1.00. The lowest BCUT2D eigenvalue weighted by molar-refractivity contribution is -0.379. The number of allylic oxidation sites excluding steroid dienone is 23. The molecule has 1 amide bonds. The third kappa shape index (κ3) is 48.7. The lowest BCUT2D eigenvalue weighted by Gasteiger charge is -2.48. The third-order valence-corrected chi connectivity index (χ3v) is 20.6. The van der Waals surface area contributed by atoms with E-state index < -0.39 is 124 Å². The van der Waals surface area contributed by atoms with Gasteiger partial charge < -0.3 is 89.9 Å². The molecule has 111 heavy (non-hydrogen) atoms. The van der Waals surface area contributed by atoms with Gasteiger partial charge in [-0.25, -0.2) is 0 Å². The second-order valence-electron chi connectivity index (χ2n) is 30.3. The largest absolute Gasteiger partial charge is 0.394 e. The molecule has 3 saturated heterocycles. The fourth-order valence-electron chi connectivity index (χ4n) is 13.7. The summed E-state index contributed by atoms with van der Waals surface area (Å²) in [7, 11) is 0. The van der Waals surface area contributed by atoms with Crippen LogP contribution in [0.2, 0.25) is 0 Å². The number of hydrogen-bond acceptors (Lipinski definition) is 18. The molecule has 12 N–H and O–H groups in total. The van der Waals surface area contributed by atoms with Crippen molar-refractivity contribution in [2.24, 2.45) is 0 Å². The first-order chi connectivity index (χ1) is 54.3. The number of amides is 1. The highest BCUT2D eigenvalue weighted by Crippen LogP contribution is 2.33. The normalized spacial score (nSPS) is 25.8. The van der Waals surface area contributed by atoms with Crippen LogP contribution in [-0.2, 0) is 33.2 Å². The Morgan fingerprint density at radius 3 is 1.01 bits per heavy atom. The monoisotopic (exact) mass is 1560 g/mol. The average molecular weight is 1560 g/mol. The van der Waals surface area contributed by atoms with Crippen molar-refractivity contribution in [1.29, 1.82) is 0 Å². The van der Waals surface area contributed by atoms with Crippen molar-refractivity contribution in [2.75, 3.05) is 26.4 Å². The summed E-state index contributed by atoms with van der Waals surface area (Å²) >= 11 is 0. The smallest absolute Gasteiger partial charge is 0.220 e. The predicted octanol–water partition coefficient (Wildman–Crippen LogP) is 16.2. The summed E-state index contributed by atoms with van der Waals surface area (Å²) in [6.07, 6.45) is 75.5. The average Bonchev–Trinajstić information content (AvgIpc) is 0.780. The molecule has 0 radical (unpaired) electrons. The van der Waals surface area contributed by atoms with E-state index in [0.29, 0.717) is 12.8 Å². The van der Waals surface area contributed by atoms with Gasteiger partial charge in [0.05, 0.1) is 38.6 Å². The van der Waals surface area contributed by atoms with Gasteiger partial charge in [-0.1, -0.05) is 327 Å². The summed E-state index contributed by atoms with van der Waals surface area (Å²) in [5.74, 6) is -0.293. The van der Waals surface area contributed by atoms with Crippen molar-refractivity contribution < 1.29 is 89.4 Å². The van der Waals surface area contributed by atoms with Crippen molar-refractivity contribution in [3.05, 3.63) is 146 Å². The van der Waals surface area contributed by atoms with Gasteiger partial charge in [-0.2, -0.15) is 0 Å². The molecule has 3 aliphatic rings. The minimum atomic E-state index is -1.99. The minimum absolute atomic E-state index is 0.222. The predicted molar refractivity (Wildman–Crippen MR) is 447 cm³/mol. The van der Waals surface area contributed by atoms with Gasteiger partial charge in [-0.3, -0.25) is 4.79 Å². The Morgan fingerprint density at radius 1 is 0.333 bits per heavy atom. The topological polar surface area (TPSA) is 307 Å². The van der Waals surface area contributed by atoms with Gasteiger partial charge in [0, 0.05) is 6.42 Å². The van der Waals surface area contributed by atoms with Crippen LogP contribution >= 0.6 is 0 Å². The van der Waals surface area contributed by atoms with Crippen LogP contribution in [0.25, 0.3) is 0 Å². The maximum atomic E-state index is 13.5. The molecule has 19 heteroatoms. The molecule has 0 aromatic heterocycles. The van der Waals surface area contributed by atoms with Gasteiger partial charge in [0.1, 0.15) is 73.2 Å². The number of aliphatic hydroxyl groups excluding tert-OH is 11. The number of hydrogen-bond donors (Lipinski definition) is 12. The van der Waals surface area contributed by atoms with Crippen LogP contribution in [0, 0.1) is 0 Å². The van der Waals surface area contributed by atoms with E-state index in [1.807, 2.05) is 6.08 Å². The van der Waals surface area contributed by atoms with Gasteiger partial charge in [0.15, 0.2) is 18.9 Å². The lowest BCUT2D eigenvalue weighted by atomic mass is 9.96. The van der Waals surface area contributed by atoms with Crippen molar-refractivity contribution >= 4 is 5.91 Å². The van der Waals surface area contributed by atoms with Gasteiger partial charge >= 0.3 is 0 Å². The first-order valence-corrected chi connectivity index (χ1v) is 43.6. The Hall–Kier alpha value is -4.33. The lowest BCUT2D eigenvalue weighted by Crippen LogP contribution is -2.66. The summed E-state index contributed by atoms with van der Waals surface area (Å²) in [5.41, 5.74) is 0. The fraction of sp³-hybridized carbons (Fsp3) is 0.728. The number of ether oxygens (including phenoxy) is 6. The molecule has 3 fully saturated rings. The number of rotatable bonds is 68. The van der Waals surface area contributed by atoms with Crippen LogP contribution in [0.4, 0.5) is 0 Å². The fourth-order valence-corrected chi connectivity index (χ4v) is 13.7. The number of unbranched alkanes of at least 4 members (excludes halogenated alkanes) is 30. The van der Waals surface area contributed by atoms with E-state index >= 15 is 0 Å². The van der Waals surface area contributed by atoms with E-state index in [0.717, 1.165) is 116 Å². The molecular formula is C92H155NO18. The zero-order chi connectivity index (χ0) is 80.3. The number of carbonyl (C=O) groups excluding carboxylic acids is 1. The van der Waals surface area contributed by atoms with E-state index in [4.69, 9.17) is 28.4 Å². The highest BCUT2D eigenvalue weighted by atomic mass is 16.8. The van der Waals surface area contributed by atoms with Crippen LogP contribution in [0.1, 0.15) is 296 Å². The maximum Gasteiger partial charge on any atom is 0.220 e. The first kappa shape index (κ1) is 101. The summed E-state index contributed by atoms with van der Waals surface area (Å²) in [6.45, 7) is 1.62. The molecule has 19 nitrogen and oxygen atoms in total. The number of carbonyl (C=O) groups is 1. The molecular weight excluding hydrogens is 1410 g/mol. The van der Waals surface area contributed by atoms with Crippen molar-refractivity contribution in [2.45, 2.75) is 401 Å². The molecule has 17 unspecified atom stereocenters. The molecule has 636 valence electrons. The van der Waals surface area contributed by atoms with E-state index in [1.54, 1.807) is 6.08 Å². The molecule has 3 heterocycles. The maximum absolute atomic E-state index is 13.5. The summed E-state index contributed by atoms with van der Waals surface area (Å²) < 4.78 is 34.5. The Bertz CT molecular complexity index is 2580. The zero-order valence-corrected chi connectivity index (χ0v) is 68.4. The van der Waals surface area contributed by atoms with Gasteiger partial charge in [-0.05, 0) is 109 Å². The molecule has 0 aromatic rings. The second-order valence-corrected chi connectivity index (χ2v) is 30.3. The highest BCUT2D eigenvalue weighted by molar-refractivity contribution is 5.76. The Labute approximate surface area is 670 Å². The van der Waals surface area contributed by atoms with Crippen molar-refractivity contribution in [3.63, 3.8) is 0 Å². The Kier molecular flexibility index (Phi) is 63.5. The van der Waals surface area contributed by atoms with Crippen molar-refractivity contribution in [3.8, 4) is 0 Å². The summed E-state index contributed by atoms with van der Waals surface area (Å²) in [4.78, 5) is 13.5. The third-order valence-electron chi connectivity index (χ3n) is 20.6. The van der Waals surface area contributed by atoms with E-state index in [-0.39, 0.29) is 18.9 Å². The summed E-state index contributed by atoms with van der Waals surface area (Å²) in [5, 5.41) is 121.